The number of nitrogens with one attached hydrogen (secondary N) is 1. The highest BCUT2D eigenvalue weighted by Crippen LogP contribution is 2.23. The van der Waals surface area contributed by atoms with Crippen LogP contribution in [0, 0.1) is 0 Å². The molecule has 1 N–H and O–H groups in total. The summed E-state index contributed by atoms with van der Waals surface area (Å²) in [4.78, 5) is 0. The van der Waals surface area contributed by atoms with Crippen molar-refractivity contribution < 1.29 is 9.26 Å². The first-order valence-corrected chi connectivity index (χ1v) is 5.21. The van der Waals surface area contributed by atoms with Crippen LogP contribution in [0.2, 0.25) is 0 Å². The van der Waals surface area contributed by atoms with E-state index in [1.54, 1.807) is 0 Å². The van der Waals surface area contributed by atoms with Crippen molar-refractivity contribution in [1.29, 1.82) is 0 Å². The van der Waals surface area contributed by atoms with Gasteiger partial charge in [0.1, 0.15) is 11.5 Å². The summed E-state index contributed by atoms with van der Waals surface area (Å²) in [5.74, 6) is 1.02. The molecule has 1 aromatic heterocycles. The normalized spacial score (nSPS) is 20.9. The molecule has 1 fully saturated rings. The molecule has 0 aromatic carbocycles. The Kier molecular flexibility index (Phi) is 2.03. The van der Waals surface area contributed by atoms with E-state index in [9.17, 15) is 0 Å². The van der Waals surface area contributed by atoms with E-state index in [2.05, 4.69) is 10.5 Å². The van der Waals surface area contributed by atoms with E-state index >= 15 is 0 Å². The van der Waals surface area contributed by atoms with Crippen molar-refractivity contribution in [2.45, 2.75) is 38.5 Å². The molecule has 2 heterocycles. The maximum Gasteiger partial charge on any atom is 0.144 e. The van der Waals surface area contributed by atoms with Gasteiger partial charge in [0.25, 0.3) is 0 Å². The van der Waals surface area contributed by atoms with E-state index < -0.39 is 0 Å². The lowest BCUT2D eigenvalue weighted by Gasteiger charge is -2.10. The van der Waals surface area contributed by atoms with Gasteiger partial charge in [0, 0.05) is 24.6 Å². The third-order valence-electron chi connectivity index (χ3n) is 2.81. The van der Waals surface area contributed by atoms with Gasteiger partial charge in [-0.1, -0.05) is 5.16 Å². The maximum atomic E-state index is 5.39. The highest BCUT2D eigenvalue weighted by Gasteiger charge is 2.23. The predicted molar refractivity (Wildman–Crippen MR) is 49.7 cm³/mol. The lowest BCUT2D eigenvalue weighted by atomic mass is 10.1. The summed E-state index contributed by atoms with van der Waals surface area (Å²) in [5.41, 5.74) is 2.20. The van der Waals surface area contributed by atoms with Crippen molar-refractivity contribution in [3.05, 3.63) is 17.0 Å². The summed E-state index contributed by atoms with van der Waals surface area (Å²) in [5, 5.41) is 7.51. The Labute approximate surface area is 82.6 Å². The van der Waals surface area contributed by atoms with Crippen molar-refractivity contribution in [3.8, 4) is 0 Å². The molecule has 2 aliphatic rings. The number of aromatic nitrogens is 1. The summed E-state index contributed by atoms with van der Waals surface area (Å²) < 4.78 is 10.7. The molecule has 3 rings (SSSR count). The fourth-order valence-electron chi connectivity index (χ4n) is 1.75. The quantitative estimate of drug-likeness (QED) is 0.779. The number of ether oxygens (including phenoxy) is 1. The first kappa shape index (κ1) is 8.44. The third kappa shape index (κ3) is 1.55. The minimum atomic E-state index is 0.667. The van der Waals surface area contributed by atoms with E-state index in [0.29, 0.717) is 12.6 Å². The van der Waals surface area contributed by atoms with Gasteiger partial charge in [-0.3, -0.25) is 0 Å². The fraction of sp³-hybridized carbons (Fsp3) is 0.700. The van der Waals surface area contributed by atoms with Gasteiger partial charge in [-0.05, 0) is 12.8 Å². The number of fused-ring (bicyclic) bond motifs is 1. The average molecular weight is 194 g/mol. The molecular weight excluding hydrogens is 180 g/mol. The second kappa shape index (κ2) is 3.37. The van der Waals surface area contributed by atoms with E-state index in [1.807, 2.05) is 0 Å². The molecular formula is C10H14N2O2. The molecule has 0 saturated heterocycles. The highest BCUT2D eigenvalue weighted by atomic mass is 16.5. The van der Waals surface area contributed by atoms with Gasteiger partial charge in [0.05, 0.1) is 13.2 Å². The lowest BCUT2D eigenvalue weighted by Crippen LogP contribution is -2.18. The molecule has 1 aromatic rings. The van der Waals surface area contributed by atoms with Gasteiger partial charge in [-0.25, -0.2) is 0 Å². The van der Waals surface area contributed by atoms with E-state index in [-0.39, 0.29) is 0 Å². The summed E-state index contributed by atoms with van der Waals surface area (Å²) in [6, 6.07) is 0.715. The van der Waals surface area contributed by atoms with Crippen LogP contribution in [0.3, 0.4) is 0 Å². The zero-order valence-electron chi connectivity index (χ0n) is 8.08. The van der Waals surface area contributed by atoms with E-state index in [4.69, 9.17) is 9.26 Å². The van der Waals surface area contributed by atoms with E-state index in [0.717, 1.165) is 31.0 Å². The summed E-state index contributed by atoms with van der Waals surface area (Å²) in [6.07, 6.45) is 3.47. The molecule has 1 saturated carbocycles. The first-order valence-electron chi connectivity index (χ1n) is 5.21. The van der Waals surface area contributed by atoms with Crippen molar-refractivity contribution in [1.82, 2.24) is 10.5 Å². The van der Waals surface area contributed by atoms with Crippen LogP contribution in [0.25, 0.3) is 0 Å². The predicted octanol–water partition coefficient (Wildman–Crippen LogP) is 0.999. The van der Waals surface area contributed by atoms with Crippen LogP contribution in [0.4, 0.5) is 0 Å². The molecule has 0 amide bonds. The molecule has 4 heteroatoms. The third-order valence-corrected chi connectivity index (χ3v) is 2.81. The molecule has 0 radical (unpaired) electrons. The number of hydrogen-bond acceptors (Lipinski definition) is 4. The van der Waals surface area contributed by atoms with Gasteiger partial charge >= 0.3 is 0 Å². The van der Waals surface area contributed by atoms with Gasteiger partial charge in [-0.2, -0.15) is 0 Å². The van der Waals surface area contributed by atoms with Crippen molar-refractivity contribution in [2.75, 3.05) is 6.61 Å². The zero-order chi connectivity index (χ0) is 9.38. The molecule has 14 heavy (non-hydrogen) atoms. The zero-order valence-corrected chi connectivity index (χ0v) is 8.08. The molecule has 0 unspecified atom stereocenters. The second-order valence-electron chi connectivity index (χ2n) is 3.99. The molecule has 76 valence electrons. The van der Waals surface area contributed by atoms with Crippen LogP contribution in [-0.2, 0) is 24.3 Å². The largest absolute Gasteiger partial charge is 0.376 e. The summed E-state index contributed by atoms with van der Waals surface area (Å²) in [6.45, 7) is 2.26. The van der Waals surface area contributed by atoms with Crippen LogP contribution in [0.15, 0.2) is 4.52 Å². The topological polar surface area (TPSA) is 47.3 Å². The summed E-state index contributed by atoms with van der Waals surface area (Å²) in [7, 11) is 0. The number of nitrogens with zero attached hydrogens (tertiary/aromatic N) is 1. The van der Waals surface area contributed by atoms with Crippen molar-refractivity contribution in [3.63, 3.8) is 0 Å². The molecule has 1 aliphatic carbocycles. The highest BCUT2D eigenvalue weighted by molar-refractivity contribution is 5.23. The molecule has 1 aliphatic heterocycles. The number of hydrogen-bond donors (Lipinski definition) is 1. The Hall–Kier alpha value is -0.870. The van der Waals surface area contributed by atoms with Crippen LogP contribution in [-0.4, -0.2) is 17.8 Å². The Morgan fingerprint density at radius 2 is 2.36 bits per heavy atom. The average Bonchev–Trinajstić information content (AvgIpc) is 2.96. The standard InChI is InChI=1S/C10H14N2O2/c1-2-7(1)11-5-9-8-6-13-4-3-10(8)14-12-9/h7,11H,1-6H2. The Balaban J connectivity index is 1.72. The van der Waals surface area contributed by atoms with E-state index in [1.165, 1.54) is 18.4 Å². The molecule has 4 nitrogen and oxygen atoms in total. The lowest BCUT2D eigenvalue weighted by molar-refractivity contribution is 0.102. The fourth-order valence-corrected chi connectivity index (χ4v) is 1.75. The first-order chi connectivity index (χ1) is 6.93. The second-order valence-corrected chi connectivity index (χ2v) is 3.99. The van der Waals surface area contributed by atoms with Crippen LogP contribution in [0.5, 0.6) is 0 Å². The Morgan fingerprint density at radius 1 is 1.43 bits per heavy atom. The van der Waals surface area contributed by atoms with Crippen LogP contribution >= 0.6 is 0 Å². The van der Waals surface area contributed by atoms with Crippen molar-refractivity contribution >= 4 is 0 Å². The van der Waals surface area contributed by atoms with Crippen LogP contribution in [0.1, 0.15) is 29.9 Å². The molecule has 0 spiro atoms. The minimum absolute atomic E-state index is 0.667. The molecule has 0 atom stereocenters. The van der Waals surface area contributed by atoms with Gasteiger partial charge in [-0.15, -0.1) is 0 Å². The minimum Gasteiger partial charge on any atom is -0.376 e. The monoisotopic (exact) mass is 194 g/mol. The number of rotatable bonds is 3. The maximum absolute atomic E-state index is 5.39. The smallest absolute Gasteiger partial charge is 0.144 e. The Bertz CT molecular complexity index is 331. The van der Waals surface area contributed by atoms with Gasteiger partial charge in [0.2, 0.25) is 0 Å². The molecule has 0 bridgehead atoms. The van der Waals surface area contributed by atoms with Gasteiger partial charge < -0.3 is 14.6 Å². The summed E-state index contributed by atoms with van der Waals surface area (Å²) >= 11 is 0. The van der Waals surface area contributed by atoms with Crippen LogP contribution < -0.4 is 5.32 Å². The Morgan fingerprint density at radius 3 is 3.21 bits per heavy atom. The van der Waals surface area contributed by atoms with Crippen molar-refractivity contribution in [2.24, 2.45) is 0 Å². The SMILES string of the molecule is C1Cc2onc(CNC3CC3)c2CO1. The van der Waals surface area contributed by atoms with Gasteiger partial charge in [0.15, 0.2) is 0 Å².